The van der Waals surface area contributed by atoms with Crippen LogP contribution in [0.1, 0.15) is 37.9 Å². The first-order valence-corrected chi connectivity index (χ1v) is 13.9. The summed E-state index contributed by atoms with van der Waals surface area (Å²) in [5.74, 6) is 1.81. The standard InChI is InChI=1S/C30H30N2O7S/c1-5-12-37-22-11-9-20(17-24(22)35-6-2)27-26(29(34)36-7-3)18(4)31-30-32(27)28(33)25(40-30)16-19-8-10-21-23(15-19)39-14-13-38-21/h5,8-11,15-17,27H,1,6-7,12-14H2,2-4H3/b25-16-/t27-/m0/s1. The summed E-state index contributed by atoms with van der Waals surface area (Å²) in [4.78, 5) is 32.3. The molecule has 10 heteroatoms. The molecular formula is C30H30N2O7S. The van der Waals surface area contributed by atoms with Gasteiger partial charge >= 0.3 is 5.97 Å². The zero-order valence-electron chi connectivity index (χ0n) is 22.6. The van der Waals surface area contributed by atoms with Crippen LogP contribution in [0.15, 0.2) is 70.1 Å². The lowest BCUT2D eigenvalue weighted by Gasteiger charge is -2.25. The maximum absolute atomic E-state index is 13.9. The number of aromatic nitrogens is 1. The van der Waals surface area contributed by atoms with Crippen LogP contribution in [0.5, 0.6) is 23.0 Å². The summed E-state index contributed by atoms with van der Waals surface area (Å²) in [7, 11) is 0. The fourth-order valence-corrected chi connectivity index (χ4v) is 5.69. The molecule has 0 unspecified atom stereocenters. The van der Waals surface area contributed by atoms with E-state index < -0.39 is 12.0 Å². The third kappa shape index (κ3) is 5.27. The zero-order valence-corrected chi connectivity index (χ0v) is 23.4. The first kappa shape index (κ1) is 27.3. The molecule has 1 aromatic heterocycles. The molecule has 9 nitrogen and oxygen atoms in total. The van der Waals surface area contributed by atoms with E-state index in [-0.39, 0.29) is 12.2 Å². The van der Waals surface area contributed by atoms with Crippen molar-refractivity contribution in [2.75, 3.05) is 33.0 Å². The highest BCUT2D eigenvalue weighted by Gasteiger charge is 2.34. The minimum Gasteiger partial charge on any atom is -0.490 e. The Morgan fingerprint density at radius 2 is 1.90 bits per heavy atom. The van der Waals surface area contributed by atoms with Gasteiger partial charge in [0.2, 0.25) is 0 Å². The lowest BCUT2D eigenvalue weighted by atomic mass is 9.95. The van der Waals surface area contributed by atoms with E-state index in [1.165, 1.54) is 11.3 Å². The normalized spacial score (nSPS) is 16.2. The zero-order chi connectivity index (χ0) is 28.2. The van der Waals surface area contributed by atoms with E-state index in [0.29, 0.717) is 75.6 Å². The summed E-state index contributed by atoms with van der Waals surface area (Å²) < 4.78 is 30.3. The second-order valence-electron chi connectivity index (χ2n) is 8.94. The first-order chi connectivity index (χ1) is 19.4. The summed E-state index contributed by atoms with van der Waals surface area (Å²) in [6.07, 6.45) is 3.44. The summed E-state index contributed by atoms with van der Waals surface area (Å²) in [5.41, 5.74) is 1.96. The number of ether oxygens (including phenoxy) is 5. The molecule has 5 rings (SSSR count). The molecule has 208 valence electrons. The highest BCUT2D eigenvalue weighted by molar-refractivity contribution is 7.07. The smallest absolute Gasteiger partial charge is 0.338 e. The third-order valence-corrected chi connectivity index (χ3v) is 7.30. The van der Waals surface area contributed by atoms with Gasteiger partial charge in [0.1, 0.15) is 19.8 Å². The number of carbonyl (C=O) groups excluding carboxylic acids is 1. The predicted molar refractivity (Wildman–Crippen MR) is 151 cm³/mol. The van der Waals surface area contributed by atoms with Crippen LogP contribution in [0.2, 0.25) is 0 Å². The van der Waals surface area contributed by atoms with Crippen molar-refractivity contribution < 1.29 is 28.5 Å². The Bertz CT molecular complexity index is 1670. The van der Waals surface area contributed by atoms with Crippen LogP contribution in [0.25, 0.3) is 6.08 Å². The van der Waals surface area contributed by atoms with Crippen molar-refractivity contribution in [3.63, 3.8) is 0 Å². The highest BCUT2D eigenvalue weighted by Crippen LogP contribution is 2.36. The second-order valence-corrected chi connectivity index (χ2v) is 9.95. The Morgan fingerprint density at radius 1 is 1.10 bits per heavy atom. The first-order valence-electron chi connectivity index (χ1n) is 13.0. The van der Waals surface area contributed by atoms with Gasteiger partial charge in [0, 0.05) is 0 Å². The van der Waals surface area contributed by atoms with Gasteiger partial charge in [0.15, 0.2) is 27.8 Å². The molecule has 3 heterocycles. The second kappa shape index (κ2) is 11.8. The SMILES string of the molecule is C=CCOc1ccc([C@H]2C(C(=O)OCC)=C(C)N=c3s/c(=C\c4ccc5c(c4)OCCO5)c(=O)n32)cc1OCC. The van der Waals surface area contributed by atoms with E-state index in [0.717, 1.165) is 5.56 Å². The van der Waals surface area contributed by atoms with Crippen LogP contribution in [-0.2, 0) is 9.53 Å². The molecule has 2 aliphatic rings. The molecule has 0 fully saturated rings. The van der Waals surface area contributed by atoms with Gasteiger partial charge in [-0.25, -0.2) is 9.79 Å². The van der Waals surface area contributed by atoms with Crippen molar-refractivity contribution in [2.24, 2.45) is 4.99 Å². The Morgan fingerprint density at radius 3 is 2.65 bits per heavy atom. The topological polar surface area (TPSA) is 97.6 Å². The molecule has 0 saturated carbocycles. The summed E-state index contributed by atoms with van der Waals surface area (Å²) >= 11 is 1.26. The maximum atomic E-state index is 13.9. The van der Waals surface area contributed by atoms with E-state index in [9.17, 15) is 9.59 Å². The van der Waals surface area contributed by atoms with E-state index in [2.05, 4.69) is 11.6 Å². The molecule has 0 bridgehead atoms. The van der Waals surface area contributed by atoms with E-state index in [1.807, 2.05) is 31.2 Å². The Hall–Kier alpha value is -4.31. The molecule has 0 amide bonds. The lowest BCUT2D eigenvalue weighted by molar-refractivity contribution is -0.139. The quantitative estimate of drug-likeness (QED) is 0.291. The summed E-state index contributed by atoms with van der Waals surface area (Å²) in [6.45, 7) is 10.9. The summed E-state index contributed by atoms with van der Waals surface area (Å²) in [6, 6.07) is 10.2. The van der Waals surface area contributed by atoms with Crippen LogP contribution >= 0.6 is 11.3 Å². The van der Waals surface area contributed by atoms with Gasteiger partial charge in [-0.1, -0.05) is 36.1 Å². The van der Waals surface area contributed by atoms with Crippen LogP contribution in [0, 0.1) is 0 Å². The van der Waals surface area contributed by atoms with E-state index >= 15 is 0 Å². The van der Waals surface area contributed by atoms with Crippen LogP contribution in [0.4, 0.5) is 0 Å². The molecule has 40 heavy (non-hydrogen) atoms. The van der Waals surface area contributed by atoms with Gasteiger partial charge < -0.3 is 23.7 Å². The number of rotatable bonds is 9. The molecule has 0 N–H and O–H groups in total. The van der Waals surface area contributed by atoms with Gasteiger partial charge in [-0.2, -0.15) is 0 Å². The number of allylic oxidation sites excluding steroid dienone is 1. The molecule has 3 aromatic rings. The number of hydrogen-bond donors (Lipinski definition) is 0. The average molecular weight is 563 g/mol. The number of carbonyl (C=O) groups is 1. The number of esters is 1. The highest BCUT2D eigenvalue weighted by atomic mass is 32.1. The van der Waals surface area contributed by atoms with Crippen LogP contribution in [-0.4, -0.2) is 43.6 Å². The molecule has 0 saturated heterocycles. The Kier molecular flexibility index (Phi) is 8.06. The number of benzene rings is 2. The molecule has 0 radical (unpaired) electrons. The third-order valence-electron chi connectivity index (χ3n) is 6.32. The molecule has 1 atom stereocenters. The molecule has 2 aliphatic heterocycles. The number of fused-ring (bicyclic) bond motifs is 2. The number of thiazole rings is 1. The monoisotopic (exact) mass is 562 g/mol. The molecule has 0 aliphatic carbocycles. The van der Waals surface area contributed by atoms with E-state index in [1.54, 1.807) is 42.7 Å². The lowest BCUT2D eigenvalue weighted by Crippen LogP contribution is -2.40. The Labute approximate surface area is 235 Å². The van der Waals surface area contributed by atoms with Gasteiger partial charge in [-0.3, -0.25) is 9.36 Å². The molecular weight excluding hydrogens is 532 g/mol. The van der Waals surface area contributed by atoms with E-state index in [4.69, 9.17) is 23.7 Å². The van der Waals surface area contributed by atoms with Crippen LogP contribution in [0.3, 0.4) is 0 Å². The minimum absolute atomic E-state index is 0.190. The largest absolute Gasteiger partial charge is 0.490 e. The summed E-state index contributed by atoms with van der Waals surface area (Å²) in [5, 5.41) is 0. The van der Waals surface area contributed by atoms with Crippen molar-refractivity contribution in [3.05, 3.63) is 91.1 Å². The fourth-order valence-electron chi connectivity index (χ4n) is 4.64. The number of hydrogen-bond acceptors (Lipinski definition) is 9. The molecule has 2 aromatic carbocycles. The van der Waals surface area contributed by atoms with Crippen LogP contribution < -0.4 is 33.8 Å². The van der Waals surface area contributed by atoms with Gasteiger partial charge in [0.25, 0.3) is 5.56 Å². The fraction of sp³-hybridized carbons (Fsp3) is 0.300. The minimum atomic E-state index is -0.773. The van der Waals surface area contributed by atoms with Crippen molar-refractivity contribution in [2.45, 2.75) is 26.8 Å². The predicted octanol–water partition coefficient (Wildman–Crippen LogP) is 3.53. The van der Waals surface area contributed by atoms with Crippen molar-refractivity contribution in [1.82, 2.24) is 4.57 Å². The Balaban J connectivity index is 1.67. The molecule has 0 spiro atoms. The van der Waals surface area contributed by atoms with Gasteiger partial charge in [-0.05, 0) is 62.2 Å². The average Bonchev–Trinajstić information content (AvgIpc) is 3.25. The van der Waals surface area contributed by atoms with Crippen molar-refractivity contribution in [3.8, 4) is 23.0 Å². The van der Waals surface area contributed by atoms with Gasteiger partial charge in [-0.15, -0.1) is 0 Å². The van der Waals surface area contributed by atoms with Crippen molar-refractivity contribution in [1.29, 1.82) is 0 Å². The van der Waals surface area contributed by atoms with Gasteiger partial charge in [0.05, 0.1) is 35.1 Å². The number of nitrogens with zero attached hydrogens (tertiary/aromatic N) is 2. The maximum Gasteiger partial charge on any atom is 0.338 e. The van der Waals surface area contributed by atoms with Crippen molar-refractivity contribution >= 4 is 23.4 Å².